The summed E-state index contributed by atoms with van der Waals surface area (Å²) >= 11 is 0. The van der Waals surface area contributed by atoms with Crippen molar-refractivity contribution in [3.63, 3.8) is 0 Å². The first-order chi connectivity index (χ1) is 9.19. The van der Waals surface area contributed by atoms with Crippen LogP contribution < -0.4 is 9.64 Å². The molecular weight excluding hydrogens is 288 g/mol. The first kappa shape index (κ1) is 19.6. The molecule has 5 heteroatoms. The van der Waals surface area contributed by atoms with Crippen molar-refractivity contribution in [3.05, 3.63) is 23.8 Å². The Balaban J connectivity index is 0.00000400. The number of rotatable bonds is 4. The van der Waals surface area contributed by atoms with Crippen LogP contribution in [0.15, 0.2) is 18.2 Å². The van der Waals surface area contributed by atoms with Crippen molar-refractivity contribution in [1.82, 2.24) is 4.90 Å². The Morgan fingerprint density at radius 1 is 1.19 bits per heavy atom. The third-order valence-corrected chi connectivity index (χ3v) is 3.67. The minimum absolute atomic E-state index is 0. The Kier molecular flexibility index (Phi) is 7.04. The zero-order chi connectivity index (χ0) is 15.5. The summed E-state index contributed by atoms with van der Waals surface area (Å²) < 4.78 is 5.41. The molecule has 0 fully saturated rings. The minimum atomic E-state index is -0.365. The van der Waals surface area contributed by atoms with Crippen LogP contribution in [0.3, 0.4) is 0 Å². The number of carbonyl (C=O) groups excluding carboxylic acids is 1. The van der Waals surface area contributed by atoms with Crippen LogP contribution in [0.5, 0.6) is 5.75 Å². The Bertz CT molecular complexity index is 485. The van der Waals surface area contributed by atoms with Crippen molar-refractivity contribution < 1.29 is 9.53 Å². The molecule has 0 spiro atoms. The topological polar surface area (TPSA) is 32.8 Å². The maximum atomic E-state index is 11.7. The van der Waals surface area contributed by atoms with Crippen LogP contribution in [0.2, 0.25) is 0 Å². The highest BCUT2D eigenvalue weighted by atomic mass is 35.5. The lowest BCUT2D eigenvalue weighted by atomic mass is 9.82. The molecule has 0 aliphatic heterocycles. The van der Waals surface area contributed by atoms with Crippen molar-refractivity contribution >= 4 is 24.2 Å². The lowest BCUT2D eigenvalue weighted by Gasteiger charge is -2.26. The predicted molar refractivity (Wildman–Crippen MR) is 91.0 cm³/mol. The molecule has 0 unspecified atom stereocenters. The second-order valence-electron chi connectivity index (χ2n) is 6.08. The van der Waals surface area contributed by atoms with Gasteiger partial charge in [-0.25, -0.2) is 4.79 Å². The number of hydrogen-bond acceptors (Lipinski definition) is 3. The Labute approximate surface area is 134 Å². The van der Waals surface area contributed by atoms with Gasteiger partial charge in [0.25, 0.3) is 0 Å². The second-order valence-corrected chi connectivity index (χ2v) is 6.08. The summed E-state index contributed by atoms with van der Waals surface area (Å²) in [7, 11) is 7.24. The molecule has 1 aromatic rings. The fourth-order valence-electron chi connectivity index (χ4n) is 1.76. The van der Waals surface area contributed by atoms with Crippen molar-refractivity contribution in [3.8, 4) is 5.75 Å². The van der Waals surface area contributed by atoms with Crippen molar-refractivity contribution in [2.24, 2.45) is 0 Å². The fourth-order valence-corrected chi connectivity index (χ4v) is 1.76. The second kappa shape index (κ2) is 7.55. The molecule has 1 rings (SSSR count). The van der Waals surface area contributed by atoms with E-state index in [1.165, 1.54) is 10.5 Å². The number of amides is 1. The highest BCUT2D eigenvalue weighted by molar-refractivity contribution is 5.85. The van der Waals surface area contributed by atoms with Crippen molar-refractivity contribution in [1.29, 1.82) is 0 Å². The number of ether oxygens (including phenoxy) is 1. The van der Waals surface area contributed by atoms with E-state index in [1.807, 2.05) is 31.1 Å². The highest BCUT2D eigenvalue weighted by Gasteiger charge is 2.21. The number of anilines is 1. The molecule has 0 saturated heterocycles. The molecule has 0 aromatic heterocycles. The van der Waals surface area contributed by atoms with E-state index in [0.29, 0.717) is 5.75 Å². The molecule has 1 aromatic carbocycles. The molecule has 0 saturated carbocycles. The van der Waals surface area contributed by atoms with Gasteiger partial charge in [0, 0.05) is 28.2 Å². The van der Waals surface area contributed by atoms with Crippen molar-refractivity contribution in [2.45, 2.75) is 32.6 Å². The summed E-state index contributed by atoms with van der Waals surface area (Å²) in [5.74, 6) is 0.587. The summed E-state index contributed by atoms with van der Waals surface area (Å²) in [5, 5.41) is 0. The largest absolute Gasteiger partial charge is 0.414 e. The molecule has 1 amide bonds. The molecule has 0 bridgehead atoms. The first-order valence-corrected chi connectivity index (χ1v) is 6.90. The Hall–Kier alpha value is -1.42. The minimum Gasteiger partial charge on any atom is -0.408 e. The zero-order valence-corrected chi connectivity index (χ0v) is 14.9. The van der Waals surface area contributed by atoms with Gasteiger partial charge in [-0.3, -0.25) is 0 Å². The maximum absolute atomic E-state index is 11.7. The molecule has 0 aliphatic carbocycles. The van der Waals surface area contributed by atoms with Gasteiger partial charge in [-0.15, -0.1) is 12.4 Å². The van der Waals surface area contributed by atoms with E-state index in [1.54, 1.807) is 14.1 Å². The van der Waals surface area contributed by atoms with Crippen LogP contribution in [0, 0.1) is 0 Å². The molecule has 0 aliphatic rings. The molecule has 4 nitrogen and oxygen atoms in total. The van der Waals surface area contributed by atoms with Gasteiger partial charge in [0.2, 0.25) is 0 Å². The van der Waals surface area contributed by atoms with Gasteiger partial charge in [-0.2, -0.15) is 0 Å². The molecule has 21 heavy (non-hydrogen) atoms. The van der Waals surface area contributed by atoms with E-state index in [2.05, 4.69) is 26.8 Å². The van der Waals surface area contributed by atoms with E-state index >= 15 is 0 Å². The quantitative estimate of drug-likeness (QED) is 0.844. The zero-order valence-electron chi connectivity index (χ0n) is 14.1. The average Bonchev–Trinajstić information content (AvgIpc) is 2.38. The third-order valence-electron chi connectivity index (χ3n) is 3.67. The third kappa shape index (κ3) is 4.81. The maximum Gasteiger partial charge on any atom is 0.414 e. The van der Waals surface area contributed by atoms with E-state index < -0.39 is 0 Å². The number of hydrogen-bond donors (Lipinski definition) is 0. The summed E-state index contributed by atoms with van der Waals surface area (Å²) in [5.41, 5.74) is 2.27. The summed E-state index contributed by atoms with van der Waals surface area (Å²) in [6.07, 6.45) is 0.687. The van der Waals surface area contributed by atoms with Crippen LogP contribution in [-0.2, 0) is 5.41 Å². The standard InChI is InChI=1S/C16H26N2O2.ClH/c1-8-16(2,3)12-9-10-14(13(11-12)17(4)5)20-15(19)18(6)7;/h9-11H,8H2,1-7H3;1H. The number of carbonyl (C=O) groups is 1. The van der Waals surface area contributed by atoms with Gasteiger partial charge in [-0.1, -0.05) is 26.8 Å². The van der Waals surface area contributed by atoms with Crippen molar-refractivity contribution in [2.75, 3.05) is 33.1 Å². The van der Waals surface area contributed by atoms with Gasteiger partial charge in [0.05, 0.1) is 5.69 Å². The number of halogens is 1. The summed E-state index contributed by atoms with van der Waals surface area (Å²) in [6, 6.07) is 6.01. The van der Waals surface area contributed by atoms with Crippen LogP contribution in [0.1, 0.15) is 32.8 Å². The van der Waals surface area contributed by atoms with Gasteiger partial charge in [0.1, 0.15) is 0 Å². The highest BCUT2D eigenvalue weighted by Crippen LogP contribution is 2.34. The lowest BCUT2D eigenvalue weighted by molar-refractivity contribution is 0.172. The predicted octanol–water partition coefficient (Wildman–Crippen LogP) is 3.92. The molecule has 0 heterocycles. The average molecular weight is 315 g/mol. The molecular formula is C16H27ClN2O2. The molecule has 0 N–H and O–H groups in total. The first-order valence-electron chi connectivity index (χ1n) is 6.90. The normalized spacial score (nSPS) is 10.6. The summed E-state index contributed by atoms with van der Waals surface area (Å²) in [6.45, 7) is 6.61. The molecule has 120 valence electrons. The van der Waals surface area contributed by atoms with E-state index in [0.717, 1.165) is 12.1 Å². The van der Waals surface area contributed by atoms with Gasteiger partial charge < -0.3 is 14.5 Å². The number of nitrogens with zero attached hydrogens (tertiary/aromatic N) is 2. The number of benzene rings is 1. The van der Waals surface area contributed by atoms with Crippen LogP contribution in [-0.4, -0.2) is 39.2 Å². The Morgan fingerprint density at radius 2 is 1.76 bits per heavy atom. The monoisotopic (exact) mass is 314 g/mol. The van der Waals surface area contributed by atoms with E-state index in [-0.39, 0.29) is 23.9 Å². The summed E-state index contributed by atoms with van der Waals surface area (Å²) in [4.78, 5) is 15.1. The van der Waals surface area contributed by atoms with E-state index in [9.17, 15) is 4.79 Å². The van der Waals surface area contributed by atoms with Crippen LogP contribution in [0.25, 0.3) is 0 Å². The van der Waals surface area contributed by atoms with Crippen LogP contribution in [0.4, 0.5) is 10.5 Å². The Morgan fingerprint density at radius 3 is 2.19 bits per heavy atom. The van der Waals surface area contributed by atoms with Gasteiger partial charge in [-0.05, 0) is 29.5 Å². The molecule has 0 atom stereocenters. The van der Waals surface area contributed by atoms with Gasteiger partial charge >= 0.3 is 6.09 Å². The molecule has 0 radical (unpaired) electrons. The van der Waals surface area contributed by atoms with Crippen LogP contribution >= 0.6 is 12.4 Å². The smallest absolute Gasteiger partial charge is 0.408 e. The van der Waals surface area contributed by atoms with E-state index in [4.69, 9.17) is 4.74 Å². The SMILES string of the molecule is CCC(C)(C)c1ccc(OC(=O)N(C)C)c(N(C)C)c1.Cl. The van der Waals surface area contributed by atoms with Gasteiger partial charge in [0.15, 0.2) is 5.75 Å². The fraction of sp³-hybridized carbons (Fsp3) is 0.562. The lowest BCUT2D eigenvalue weighted by Crippen LogP contribution is -2.26.